The third kappa shape index (κ3) is 3.09. The lowest BCUT2D eigenvalue weighted by molar-refractivity contribution is -0.125. The average molecular weight is 334 g/mol. The van der Waals surface area contributed by atoms with Crippen molar-refractivity contribution in [2.24, 2.45) is 22.7 Å². The van der Waals surface area contributed by atoms with Gasteiger partial charge in [0.05, 0.1) is 12.3 Å². The van der Waals surface area contributed by atoms with Gasteiger partial charge < -0.3 is 5.32 Å². The standard InChI is InChI=1S/C18H26N2O2S/c21-13(11-6-2-1-3-7-11)10-15-19-17(22)16-12-8-4-5-9-14(12)23-18(16)20-15/h11-12,14,16,18H,1-10H2,(H,19,20,22). The van der Waals surface area contributed by atoms with E-state index in [-0.39, 0.29) is 28.9 Å². The molecule has 2 heterocycles. The lowest BCUT2D eigenvalue weighted by atomic mass is 9.79. The Morgan fingerprint density at radius 3 is 2.65 bits per heavy atom. The zero-order valence-corrected chi connectivity index (χ0v) is 14.4. The molecule has 23 heavy (non-hydrogen) atoms. The molecule has 0 spiro atoms. The molecule has 4 nitrogen and oxygen atoms in total. The fourth-order valence-electron chi connectivity index (χ4n) is 4.85. The predicted molar refractivity (Wildman–Crippen MR) is 92.4 cm³/mol. The number of Topliss-reactive ketones (excluding diaryl/α,β-unsaturated/α-hetero) is 1. The summed E-state index contributed by atoms with van der Waals surface area (Å²) in [5.41, 5.74) is 0. The maximum absolute atomic E-state index is 12.6. The SMILES string of the molecule is O=C(CC1=NC2SC3CCCCC3C2C(=O)N1)C1CCCCC1. The van der Waals surface area contributed by atoms with Gasteiger partial charge in [-0.2, -0.15) is 0 Å². The Balaban J connectivity index is 1.44. The molecule has 0 bridgehead atoms. The number of nitrogens with zero attached hydrogens (tertiary/aromatic N) is 1. The first-order valence-electron chi connectivity index (χ1n) is 9.28. The minimum absolute atomic E-state index is 0.0406. The second-order valence-electron chi connectivity index (χ2n) is 7.58. The monoisotopic (exact) mass is 334 g/mol. The average Bonchev–Trinajstić information content (AvgIpc) is 2.94. The summed E-state index contributed by atoms with van der Waals surface area (Å²) < 4.78 is 0. The third-order valence-corrected chi connectivity index (χ3v) is 7.70. The quantitative estimate of drug-likeness (QED) is 0.861. The first-order valence-corrected chi connectivity index (χ1v) is 10.2. The maximum Gasteiger partial charge on any atom is 0.231 e. The summed E-state index contributed by atoms with van der Waals surface area (Å²) in [7, 11) is 0. The van der Waals surface area contributed by atoms with Crippen LogP contribution in [0.2, 0.25) is 0 Å². The number of amidine groups is 1. The van der Waals surface area contributed by atoms with Crippen LogP contribution in [0.4, 0.5) is 0 Å². The summed E-state index contributed by atoms with van der Waals surface area (Å²) in [5.74, 6) is 1.77. The molecule has 2 aliphatic carbocycles. The number of hydrogen-bond donors (Lipinski definition) is 1. The number of carbonyl (C=O) groups excluding carboxylic acids is 2. The number of nitrogens with one attached hydrogen (secondary N) is 1. The van der Waals surface area contributed by atoms with Crippen LogP contribution in [-0.2, 0) is 9.59 Å². The highest BCUT2D eigenvalue weighted by molar-refractivity contribution is 8.00. The molecule has 126 valence electrons. The largest absolute Gasteiger partial charge is 0.314 e. The van der Waals surface area contributed by atoms with Crippen LogP contribution in [0, 0.1) is 17.8 Å². The van der Waals surface area contributed by atoms with E-state index < -0.39 is 0 Å². The molecule has 4 rings (SSSR count). The number of carbonyl (C=O) groups is 2. The summed E-state index contributed by atoms with van der Waals surface area (Å²) in [6, 6.07) is 0. The van der Waals surface area contributed by atoms with Crippen LogP contribution >= 0.6 is 11.8 Å². The summed E-state index contributed by atoms with van der Waals surface area (Å²) in [5, 5.41) is 3.63. The van der Waals surface area contributed by atoms with Crippen molar-refractivity contribution in [3.05, 3.63) is 0 Å². The highest BCUT2D eigenvalue weighted by Crippen LogP contribution is 2.51. The van der Waals surface area contributed by atoms with Crippen molar-refractivity contribution in [2.75, 3.05) is 0 Å². The zero-order valence-electron chi connectivity index (χ0n) is 13.6. The number of ketones is 1. The summed E-state index contributed by atoms with van der Waals surface area (Å²) in [4.78, 5) is 29.8. The Hall–Kier alpha value is -0.840. The van der Waals surface area contributed by atoms with Gasteiger partial charge in [-0.15, -0.1) is 11.8 Å². The molecule has 4 unspecified atom stereocenters. The molecule has 3 fully saturated rings. The highest BCUT2D eigenvalue weighted by Gasteiger charge is 2.50. The van der Waals surface area contributed by atoms with Crippen LogP contribution < -0.4 is 5.32 Å². The predicted octanol–water partition coefficient (Wildman–Crippen LogP) is 3.30. The van der Waals surface area contributed by atoms with Crippen LogP contribution in [-0.4, -0.2) is 28.1 Å². The molecule has 1 amide bonds. The molecule has 4 aliphatic rings. The van der Waals surface area contributed by atoms with Gasteiger partial charge in [0.25, 0.3) is 0 Å². The number of thioether (sulfide) groups is 1. The summed E-state index contributed by atoms with van der Waals surface area (Å²) in [6.07, 6.45) is 10.9. The highest BCUT2D eigenvalue weighted by atomic mass is 32.2. The topological polar surface area (TPSA) is 58.5 Å². The van der Waals surface area contributed by atoms with Crippen molar-refractivity contribution in [1.29, 1.82) is 0 Å². The Labute approximate surface area is 142 Å². The fourth-order valence-corrected chi connectivity index (χ4v) is 6.70. The smallest absolute Gasteiger partial charge is 0.231 e. The van der Waals surface area contributed by atoms with E-state index in [1.807, 2.05) is 11.8 Å². The first kappa shape index (κ1) is 15.7. The minimum Gasteiger partial charge on any atom is -0.314 e. The second-order valence-corrected chi connectivity index (χ2v) is 8.94. The molecular formula is C18H26N2O2S. The maximum atomic E-state index is 12.6. The van der Waals surface area contributed by atoms with E-state index in [9.17, 15) is 9.59 Å². The molecule has 0 aromatic carbocycles. The van der Waals surface area contributed by atoms with Crippen molar-refractivity contribution >= 4 is 29.3 Å². The summed E-state index contributed by atoms with van der Waals surface area (Å²) in [6.45, 7) is 0. The van der Waals surface area contributed by atoms with Crippen LogP contribution in [0.1, 0.15) is 64.2 Å². The van der Waals surface area contributed by atoms with Crippen molar-refractivity contribution in [3.63, 3.8) is 0 Å². The van der Waals surface area contributed by atoms with Crippen LogP contribution in [0.5, 0.6) is 0 Å². The van der Waals surface area contributed by atoms with Gasteiger partial charge in [-0.25, -0.2) is 0 Å². The lowest BCUT2D eigenvalue weighted by Gasteiger charge is -2.30. The van der Waals surface area contributed by atoms with Crippen LogP contribution in [0.25, 0.3) is 0 Å². The Kier molecular flexibility index (Phi) is 4.48. The molecule has 1 N–H and O–H groups in total. The second kappa shape index (κ2) is 6.58. The van der Waals surface area contributed by atoms with Crippen molar-refractivity contribution in [3.8, 4) is 0 Å². The molecule has 0 aromatic heterocycles. The molecule has 0 radical (unpaired) electrons. The van der Waals surface area contributed by atoms with E-state index in [2.05, 4.69) is 5.32 Å². The number of amides is 1. The number of fused-ring (bicyclic) bond motifs is 3. The van der Waals surface area contributed by atoms with Crippen LogP contribution in [0.3, 0.4) is 0 Å². The molecule has 0 aromatic rings. The van der Waals surface area contributed by atoms with Gasteiger partial charge in [0.2, 0.25) is 5.91 Å². The van der Waals surface area contributed by atoms with E-state index >= 15 is 0 Å². The van der Waals surface area contributed by atoms with Gasteiger partial charge in [-0.05, 0) is 31.6 Å². The molecular weight excluding hydrogens is 308 g/mol. The van der Waals surface area contributed by atoms with Gasteiger partial charge in [-0.1, -0.05) is 32.1 Å². The lowest BCUT2D eigenvalue weighted by Crippen LogP contribution is -2.47. The molecule has 2 aliphatic heterocycles. The number of aliphatic imine (C=N–C) groups is 1. The van der Waals surface area contributed by atoms with Gasteiger partial charge in [0.1, 0.15) is 17.0 Å². The third-order valence-electron chi connectivity index (χ3n) is 6.09. The zero-order chi connectivity index (χ0) is 15.8. The van der Waals surface area contributed by atoms with Crippen molar-refractivity contribution < 1.29 is 9.59 Å². The minimum atomic E-state index is 0.0406. The number of rotatable bonds is 3. The van der Waals surface area contributed by atoms with Crippen molar-refractivity contribution in [1.82, 2.24) is 5.32 Å². The van der Waals surface area contributed by atoms with E-state index in [4.69, 9.17) is 4.99 Å². The van der Waals surface area contributed by atoms with Gasteiger partial charge in [-0.3, -0.25) is 14.6 Å². The van der Waals surface area contributed by atoms with E-state index in [0.717, 1.165) is 19.3 Å². The Bertz CT molecular complexity index is 527. The van der Waals surface area contributed by atoms with E-state index in [0.29, 0.717) is 23.4 Å². The molecule has 5 heteroatoms. The normalized spacial score (nSPS) is 37.6. The van der Waals surface area contributed by atoms with Gasteiger partial charge >= 0.3 is 0 Å². The fraction of sp³-hybridized carbons (Fsp3) is 0.833. The first-order chi connectivity index (χ1) is 11.2. The van der Waals surface area contributed by atoms with Crippen molar-refractivity contribution in [2.45, 2.75) is 74.8 Å². The Morgan fingerprint density at radius 2 is 1.83 bits per heavy atom. The van der Waals surface area contributed by atoms with Crippen LogP contribution in [0.15, 0.2) is 4.99 Å². The molecule has 2 saturated carbocycles. The molecule has 1 saturated heterocycles. The van der Waals surface area contributed by atoms with E-state index in [1.165, 1.54) is 38.5 Å². The van der Waals surface area contributed by atoms with Gasteiger partial charge in [0, 0.05) is 11.2 Å². The number of hydrogen-bond acceptors (Lipinski definition) is 4. The van der Waals surface area contributed by atoms with E-state index in [1.54, 1.807) is 0 Å². The Morgan fingerprint density at radius 1 is 1.09 bits per heavy atom. The molecule has 4 atom stereocenters. The van der Waals surface area contributed by atoms with Gasteiger partial charge in [0.15, 0.2) is 0 Å². The summed E-state index contributed by atoms with van der Waals surface area (Å²) >= 11 is 1.89.